The van der Waals surface area contributed by atoms with Gasteiger partial charge in [-0.05, 0) is 30.2 Å². The number of aromatic nitrogens is 4. The van der Waals surface area contributed by atoms with Gasteiger partial charge < -0.3 is 25.1 Å². The van der Waals surface area contributed by atoms with Gasteiger partial charge in [-0.2, -0.15) is 10.1 Å². The highest BCUT2D eigenvalue weighted by Crippen LogP contribution is 2.30. The maximum absolute atomic E-state index is 5.39. The number of methoxy groups -OCH3 is 2. The molecular weight excluding hydrogens is 368 g/mol. The molecule has 0 atom stereocenters. The lowest BCUT2D eigenvalue weighted by Gasteiger charge is -2.12. The molecule has 0 fully saturated rings. The van der Waals surface area contributed by atoms with Crippen molar-refractivity contribution < 1.29 is 9.47 Å². The summed E-state index contributed by atoms with van der Waals surface area (Å²) in [6, 6.07) is 13.8. The van der Waals surface area contributed by atoms with Crippen molar-refractivity contribution in [3.8, 4) is 11.5 Å². The van der Waals surface area contributed by atoms with Crippen LogP contribution in [0.5, 0.6) is 11.5 Å². The molecule has 4 rings (SSSR count). The highest BCUT2D eigenvalue weighted by atomic mass is 16.5. The van der Waals surface area contributed by atoms with Gasteiger partial charge in [-0.3, -0.25) is 0 Å². The van der Waals surface area contributed by atoms with Crippen molar-refractivity contribution in [2.24, 2.45) is 0 Å². The van der Waals surface area contributed by atoms with E-state index in [9.17, 15) is 0 Å². The molecule has 2 heterocycles. The third-order valence-electron chi connectivity index (χ3n) is 4.58. The third-order valence-corrected chi connectivity index (χ3v) is 4.58. The first-order valence-corrected chi connectivity index (χ1v) is 9.24. The standard InChI is InChI=1S/C21H22N6O2/c1-28-15-7-8-19(29-2)18(11-15)25-20-13-24-27-21(26-20)22-10-9-14-12-23-17-6-4-3-5-16(14)17/h3-8,11-13,23H,9-10H2,1-2H3,(H2,22,25,26,27). The first kappa shape index (κ1) is 18.5. The SMILES string of the molecule is COc1ccc(OC)c(Nc2cnnc(NCCc3c[nH]c4ccccc34)n2)c1. The molecule has 0 saturated heterocycles. The van der Waals surface area contributed by atoms with E-state index in [4.69, 9.17) is 9.47 Å². The molecule has 2 aromatic heterocycles. The number of para-hydroxylation sites is 1. The Balaban J connectivity index is 1.42. The zero-order valence-corrected chi connectivity index (χ0v) is 16.3. The monoisotopic (exact) mass is 390 g/mol. The molecule has 0 unspecified atom stereocenters. The summed E-state index contributed by atoms with van der Waals surface area (Å²) in [4.78, 5) is 7.77. The van der Waals surface area contributed by atoms with Crippen LogP contribution in [0.3, 0.4) is 0 Å². The van der Waals surface area contributed by atoms with Gasteiger partial charge in [0.05, 0.1) is 26.1 Å². The molecule has 0 saturated carbocycles. The summed E-state index contributed by atoms with van der Waals surface area (Å²) < 4.78 is 10.7. The molecule has 2 aromatic carbocycles. The number of benzene rings is 2. The quantitative estimate of drug-likeness (QED) is 0.421. The van der Waals surface area contributed by atoms with E-state index in [1.165, 1.54) is 10.9 Å². The van der Waals surface area contributed by atoms with Gasteiger partial charge in [0.2, 0.25) is 5.95 Å². The minimum absolute atomic E-state index is 0.455. The number of hydrogen-bond donors (Lipinski definition) is 3. The van der Waals surface area contributed by atoms with Gasteiger partial charge >= 0.3 is 0 Å². The van der Waals surface area contributed by atoms with E-state index in [0.29, 0.717) is 29.8 Å². The number of ether oxygens (including phenoxy) is 2. The van der Waals surface area contributed by atoms with Crippen LogP contribution in [-0.2, 0) is 6.42 Å². The van der Waals surface area contributed by atoms with Gasteiger partial charge in [0.15, 0.2) is 5.82 Å². The second kappa shape index (κ2) is 8.47. The van der Waals surface area contributed by atoms with Crippen LogP contribution in [0.15, 0.2) is 54.9 Å². The summed E-state index contributed by atoms with van der Waals surface area (Å²) in [5.41, 5.74) is 3.12. The second-order valence-corrected chi connectivity index (χ2v) is 6.39. The van der Waals surface area contributed by atoms with Crippen molar-refractivity contribution in [3.05, 3.63) is 60.4 Å². The summed E-state index contributed by atoms with van der Waals surface area (Å²) in [5.74, 6) is 2.41. The molecule has 8 nitrogen and oxygen atoms in total. The van der Waals surface area contributed by atoms with Crippen molar-refractivity contribution >= 4 is 28.4 Å². The highest BCUT2D eigenvalue weighted by molar-refractivity contribution is 5.83. The van der Waals surface area contributed by atoms with Crippen molar-refractivity contribution in [2.75, 3.05) is 31.4 Å². The molecule has 0 aliphatic heterocycles. The Morgan fingerprint density at radius 1 is 1.07 bits per heavy atom. The lowest BCUT2D eigenvalue weighted by molar-refractivity contribution is 0.405. The molecule has 0 bridgehead atoms. The molecular formula is C21H22N6O2. The summed E-state index contributed by atoms with van der Waals surface area (Å²) in [5, 5.41) is 15.8. The van der Waals surface area contributed by atoms with Gasteiger partial charge in [0.1, 0.15) is 11.5 Å². The Morgan fingerprint density at radius 2 is 1.97 bits per heavy atom. The Labute approximate surface area is 168 Å². The Morgan fingerprint density at radius 3 is 2.83 bits per heavy atom. The molecule has 0 radical (unpaired) electrons. The van der Waals surface area contributed by atoms with E-state index in [2.05, 4.69) is 42.9 Å². The number of nitrogens with one attached hydrogen (secondary N) is 3. The molecule has 0 amide bonds. The summed E-state index contributed by atoms with van der Waals surface area (Å²) >= 11 is 0. The minimum atomic E-state index is 0.455. The van der Waals surface area contributed by atoms with E-state index in [0.717, 1.165) is 17.6 Å². The van der Waals surface area contributed by atoms with Crippen LogP contribution in [0.4, 0.5) is 17.5 Å². The van der Waals surface area contributed by atoms with Gasteiger partial charge in [0.25, 0.3) is 0 Å². The van der Waals surface area contributed by atoms with Crippen LogP contribution in [0.2, 0.25) is 0 Å². The van der Waals surface area contributed by atoms with Crippen LogP contribution in [0.25, 0.3) is 10.9 Å². The maximum atomic E-state index is 5.39. The lowest BCUT2D eigenvalue weighted by Crippen LogP contribution is -2.09. The minimum Gasteiger partial charge on any atom is -0.497 e. The highest BCUT2D eigenvalue weighted by Gasteiger charge is 2.08. The van der Waals surface area contributed by atoms with Crippen LogP contribution in [0.1, 0.15) is 5.56 Å². The zero-order chi connectivity index (χ0) is 20.1. The Kier molecular flexibility index (Phi) is 5.42. The topological polar surface area (TPSA) is 97.0 Å². The fraction of sp³-hybridized carbons (Fsp3) is 0.190. The average molecular weight is 390 g/mol. The normalized spacial score (nSPS) is 10.7. The summed E-state index contributed by atoms with van der Waals surface area (Å²) in [6.07, 6.45) is 4.44. The first-order valence-electron chi connectivity index (χ1n) is 9.24. The van der Waals surface area contributed by atoms with Crippen LogP contribution in [0, 0.1) is 0 Å². The van der Waals surface area contributed by atoms with E-state index >= 15 is 0 Å². The predicted octanol–water partition coefficient (Wildman–Crippen LogP) is 3.77. The van der Waals surface area contributed by atoms with Gasteiger partial charge in [-0.25, -0.2) is 0 Å². The number of aromatic amines is 1. The van der Waals surface area contributed by atoms with Crippen molar-refractivity contribution in [3.63, 3.8) is 0 Å². The molecule has 0 spiro atoms. The zero-order valence-electron chi connectivity index (χ0n) is 16.3. The fourth-order valence-corrected chi connectivity index (χ4v) is 3.14. The number of nitrogens with zero attached hydrogens (tertiary/aromatic N) is 3. The molecule has 29 heavy (non-hydrogen) atoms. The number of anilines is 3. The molecule has 148 valence electrons. The van der Waals surface area contributed by atoms with Crippen LogP contribution >= 0.6 is 0 Å². The maximum Gasteiger partial charge on any atom is 0.244 e. The van der Waals surface area contributed by atoms with Crippen LogP contribution < -0.4 is 20.1 Å². The van der Waals surface area contributed by atoms with E-state index in [1.807, 2.05) is 36.5 Å². The van der Waals surface area contributed by atoms with Gasteiger partial charge in [0, 0.05) is 29.7 Å². The van der Waals surface area contributed by atoms with Crippen molar-refractivity contribution in [1.29, 1.82) is 0 Å². The summed E-state index contributed by atoms with van der Waals surface area (Å²) in [7, 11) is 3.23. The van der Waals surface area contributed by atoms with E-state index < -0.39 is 0 Å². The number of rotatable bonds is 8. The lowest BCUT2D eigenvalue weighted by atomic mass is 10.1. The Bertz CT molecular complexity index is 1110. The third kappa shape index (κ3) is 4.21. The van der Waals surface area contributed by atoms with Crippen molar-refractivity contribution in [2.45, 2.75) is 6.42 Å². The molecule has 0 aliphatic rings. The Hall–Kier alpha value is -3.81. The fourth-order valence-electron chi connectivity index (χ4n) is 3.14. The van der Waals surface area contributed by atoms with E-state index in [1.54, 1.807) is 20.4 Å². The largest absolute Gasteiger partial charge is 0.497 e. The number of fused-ring (bicyclic) bond motifs is 1. The molecule has 0 aliphatic carbocycles. The van der Waals surface area contributed by atoms with Crippen molar-refractivity contribution in [1.82, 2.24) is 20.2 Å². The first-order chi connectivity index (χ1) is 14.3. The molecule has 3 N–H and O–H groups in total. The number of hydrogen-bond acceptors (Lipinski definition) is 7. The van der Waals surface area contributed by atoms with Gasteiger partial charge in [-0.15, -0.1) is 5.10 Å². The smallest absolute Gasteiger partial charge is 0.244 e. The summed E-state index contributed by atoms with van der Waals surface area (Å²) in [6.45, 7) is 0.690. The van der Waals surface area contributed by atoms with Gasteiger partial charge in [-0.1, -0.05) is 18.2 Å². The average Bonchev–Trinajstić information content (AvgIpc) is 3.17. The molecule has 4 aromatic rings. The van der Waals surface area contributed by atoms with Crippen LogP contribution in [-0.4, -0.2) is 40.9 Å². The predicted molar refractivity (Wildman–Crippen MR) is 113 cm³/mol. The second-order valence-electron chi connectivity index (χ2n) is 6.39. The van der Waals surface area contributed by atoms with E-state index in [-0.39, 0.29) is 0 Å². The number of H-pyrrole nitrogens is 1. The molecule has 8 heteroatoms.